The van der Waals surface area contributed by atoms with Gasteiger partial charge in [0.1, 0.15) is 0 Å². The smallest absolute Gasteiger partial charge is 0.311 e. The Morgan fingerprint density at radius 2 is 2.10 bits per heavy atom. The molecular formula is C15H20N2O3S. The summed E-state index contributed by atoms with van der Waals surface area (Å²) in [5, 5.41) is 9.49. The lowest BCUT2D eigenvalue weighted by Crippen LogP contribution is -2.41. The lowest BCUT2D eigenvalue weighted by atomic mass is 9.76. The highest BCUT2D eigenvalue weighted by atomic mass is 32.2. The average molecular weight is 308 g/mol. The second-order valence-electron chi connectivity index (χ2n) is 5.65. The quantitative estimate of drug-likeness (QED) is 0.844. The zero-order chi connectivity index (χ0) is 15.5. The largest absolute Gasteiger partial charge is 0.481 e. The van der Waals surface area contributed by atoms with Crippen LogP contribution in [0.1, 0.15) is 20.3 Å². The highest BCUT2D eigenvalue weighted by Crippen LogP contribution is 2.38. The molecule has 0 aromatic carbocycles. The molecule has 1 aromatic heterocycles. The fraction of sp³-hybridized carbons (Fsp3) is 0.533. The third-order valence-corrected chi connectivity index (χ3v) is 5.19. The number of rotatable bonds is 5. The average Bonchev–Trinajstić information content (AvgIpc) is 2.92. The molecule has 0 radical (unpaired) electrons. The van der Waals surface area contributed by atoms with Crippen molar-refractivity contribution >= 4 is 23.6 Å². The molecule has 0 bridgehead atoms. The normalized spacial score (nSPS) is 21.8. The standard InChI is InChI=1S/C15H20N2O3S/c1-11(2)15(14(19)20)5-8-17(10-15)13(18)9-21-12-3-6-16-7-4-12/h3-4,6-7,11H,5,8-10H2,1-2H3,(H,19,20). The van der Waals surface area contributed by atoms with Crippen LogP contribution >= 0.6 is 11.8 Å². The van der Waals surface area contributed by atoms with Crippen LogP contribution in [0.2, 0.25) is 0 Å². The molecule has 6 heteroatoms. The van der Waals surface area contributed by atoms with E-state index in [1.807, 2.05) is 26.0 Å². The van der Waals surface area contributed by atoms with Crippen molar-refractivity contribution < 1.29 is 14.7 Å². The molecule has 0 saturated carbocycles. The van der Waals surface area contributed by atoms with Crippen molar-refractivity contribution in [3.8, 4) is 0 Å². The van der Waals surface area contributed by atoms with E-state index >= 15 is 0 Å². The minimum Gasteiger partial charge on any atom is -0.481 e. The molecule has 1 unspecified atom stereocenters. The van der Waals surface area contributed by atoms with E-state index in [9.17, 15) is 14.7 Å². The number of aromatic nitrogens is 1. The van der Waals surface area contributed by atoms with Gasteiger partial charge in [-0.15, -0.1) is 11.8 Å². The minimum absolute atomic E-state index is 0.000544. The maximum Gasteiger partial charge on any atom is 0.311 e. The van der Waals surface area contributed by atoms with Crippen molar-refractivity contribution in [2.24, 2.45) is 11.3 Å². The van der Waals surface area contributed by atoms with Crippen LogP contribution < -0.4 is 0 Å². The topological polar surface area (TPSA) is 70.5 Å². The summed E-state index contributed by atoms with van der Waals surface area (Å²) in [6, 6.07) is 3.72. The van der Waals surface area contributed by atoms with Gasteiger partial charge in [0.25, 0.3) is 0 Å². The third-order valence-electron chi connectivity index (χ3n) is 4.20. The number of carbonyl (C=O) groups is 2. The summed E-state index contributed by atoms with van der Waals surface area (Å²) >= 11 is 1.45. The van der Waals surface area contributed by atoms with E-state index < -0.39 is 11.4 Å². The Bertz CT molecular complexity index is 521. The first-order valence-electron chi connectivity index (χ1n) is 7.00. The van der Waals surface area contributed by atoms with E-state index in [4.69, 9.17) is 0 Å². The van der Waals surface area contributed by atoms with E-state index in [1.54, 1.807) is 17.3 Å². The molecule has 1 amide bonds. The fourth-order valence-electron chi connectivity index (χ4n) is 2.61. The first kappa shape index (κ1) is 15.8. The predicted octanol–water partition coefficient (Wildman–Crippen LogP) is 2.13. The number of carboxylic acid groups (broad SMARTS) is 1. The van der Waals surface area contributed by atoms with Crippen molar-refractivity contribution in [1.29, 1.82) is 0 Å². The van der Waals surface area contributed by atoms with Crippen LogP contribution in [-0.4, -0.2) is 45.7 Å². The molecule has 1 atom stereocenters. The molecule has 5 nitrogen and oxygen atoms in total. The maximum atomic E-state index is 12.2. The van der Waals surface area contributed by atoms with Crippen LogP contribution in [0.3, 0.4) is 0 Å². The number of hydrogen-bond donors (Lipinski definition) is 1. The molecular weight excluding hydrogens is 288 g/mol. The first-order chi connectivity index (χ1) is 9.95. The predicted molar refractivity (Wildman–Crippen MR) is 81.1 cm³/mol. The molecule has 114 valence electrons. The molecule has 2 heterocycles. The number of carboxylic acids is 1. The second kappa shape index (κ2) is 6.47. The van der Waals surface area contributed by atoms with Gasteiger partial charge in [0.2, 0.25) is 5.91 Å². The van der Waals surface area contributed by atoms with Gasteiger partial charge in [0.05, 0.1) is 11.2 Å². The van der Waals surface area contributed by atoms with Crippen LogP contribution in [-0.2, 0) is 9.59 Å². The van der Waals surface area contributed by atoms with Crippen molar-refractivity contribution in [3.63, 3.8) is 0 Å². The Morgan fingerprint density at radius 1 is 1.43 bits per heavy atom. The number of likely N-dealkylation sites (tertiary alicyclic amines) is 1. The molecule has 1 aliphatic heterocycles. The Kier molecular flexibility index (Phi) is 4.88. The summed E-state index contributed by atoms with van der Waals surface area (Å²) in [6.45, 7) is 4.66. The number of amides is 1. The highest BCUT2D eigenvalue weighted by molar-refractivity contribution is 8.00. The number of hydrogen-bond acceptors (Lipinski definition) is 4. The number of pyridine rings is 1. The van der Waals surface area contributed by atoms with E-state index in [-0.39, 0.29) is 11.8 Å². The van der Waals surface area contributed by atoms with Gasteiger partial charge in [-0.05, 0) is 24.5 Å². The van der Waals surface area contributed by atoms with E-state index in [1.165, 1.54) is 11.8 Å². The lowest BCUT2D eigenvalue weighted by Gasteiger charge is -2.28. The summed E-state index contributed by atoms with van der Waals surface area (Å²) in [5.74, 6) is -0.450. The van der Waals surface area contributed by atoms with Crippen LogP contribution in [0.4, 0.5) is 0 Å². The number of carbonyl (C=O) groups excluding carboxylic acids is 1. The van der Waals surface area contributed by atoms with E-state index in [0.29, 0.717) is 25.3 Å². The Hall–Kier alpha value is -1.56. The molecule has 2 rings (SSSR count). The van der Waals surface area contributed by atoms with Crippen LogP contribution in [0.25, 0.3) is 0 Å². The van der Waals surface area contributed by atoms with Crippen molar-refractivity contribution in [2.45, 2.75) is 25.2 Å². The van der Waals surface area contributed by atoms with Gasteiger partial charge in [0.15, 0.2) is 0 Å². The summed E-state index contributed by atoms with van der Waals surface area (Å²) in [4.78, 5) is 30.4. The molecule has 1 N–H and O–H groups in total. The highest BCUT2D eigenvalue weighted by Gasteiger charge is 2.48. The van der Waals surface area contributed by atoms with Gasteiger partial charge < -0.3 is 10.0 Å². The summed E-state index contributed by atoms with van der Waals surface area (Å²) in [6.07, 6.45) is 3.92. The summed E-state index contributed by atoms with van der Waals surface area (Å²) < 4.78 is 0. The molecule has 21 heavy (non-hydrogen) atoms. The molecule has 0 aliphatic carbocycles. The zero-order valence-corrected chi connectivity index (χ0v) is 13.1. The molecule has 1 aliphatic rings. The lowest BCUT2D eigenvalue weighted by molar-refractivity contribution is -0.151. The Balaban J connectivity index is 1.94. The van der Waals surface area contributed by atoms with Gasteiger partial charge in [-0.3, -0.25) is 14.6 Å². The van der Waals surface area contributed by atoms with Gasteiger partial charge in [-0.2, -0.15) is 0 Å². The van der Waals surface area contributed by atoms with E-state index in [2.05, 4.69) is 4.98 Å². The SMILES string of the molecule is CC(C)C1(C(=O)O)CCN(C(=O)CSc2ccncc2)C1. The van der Waals surface area contributed by atoms with E-state index in [0.717, 1.165) is 4.90 Å². The number of aliphatic carboxylic acids is 1. The monoisotopic (exact) mass is 308 g/mol. The molecule has 0 spiro atoms. The minimum atomic E-state index is -0.797. The van der Waals surface area contributed by atoms with Gasteiger partial charge in [-0.25, -0.2) is 0 Å². The maximum absolute atomic E-state index is 12.2. The number of nitrogens with zero attached hydrogens (tertiary/aromatic N) is 2. The van der Waals surface area contributed by atoms with Gasteiger partial charge in [-0.1, -0.05) is 13.8 Å². The first-order valence-corrected chi connectivity index (χ1v) is 7.98. The number of thioether (sulfide) groups is 1. The molecule has 1 saturated heterocycles. The fourth-order valence-corrected chi connectivity index (χ4v) is 3.40. The van der Waals surface area contributed by atoms with Crippen LogP contribution in [0.15, 0.2) is 29.4 Å². The van der Waals surface area contributed by atoms with Gasteiger partial charge >= 0.3 is 5.97 Å². The Morgan fingerprint density at radius 3 is 2.62 bits per heavy atom. The van der Waals surface area contributed by atoms with Crippen molar-refractivity contribution in [1.82, 2.24) is 9.88 Å². The van der Waals surface area contributed by atoms with Crippen LogP contribution in [0.5, 0.6) is 0 Å². The Labute approximate surface area is 128 Å². The van der Waals surface area contributed by atoms with Gasteiger partial charge in [0, 0.05) is 30.4 Å². The second-order valence-corrected chi connectivity index (χ2v) is 6.70. The van der Waals surface area contributed by atoms with Crippen molar-refractivity contribution in [2.75, 3.05) is 18.8 Å². The summed E-state index contributed by atoms with van der Waals surface area (Å²) in [7, 11) is 0. The van der Waals surface area contributed by atoms with Crippen LogP contribution in [0, 0.1) is 11.3 Å². The molecule has 1 fully saturated rings. The van der Waals surface area contributed by atoms with Crippen molar-refractivity contribution in [3.05, 3.63) is 24.5 Å². The third kappa shape index (κ3) is 3.37. The zero-order valence-electron chi connectivity index (χ0n) is 12.3. The molecule has 1 aromatic rings. The summed E-state index contributed by atoms with van der Waals surface area (Å²) in [5.41, 5.74) is -0.795.